The number of benzene rings is 1. The van der Waals surface area contributed by atoms with E-state index in [1.165, 1.54) is 14.0 Å². The van der Waals surface area contributed by atoms with Crippen LogP contribution in [0.1, 0.15) is 31.4 Å². The second-order valence-corrected chi connectivity index (χ2v) is 6.03. The molecule has 1 heterocycles. The molecule has 0 aliphatic carbocycles. The summed E-state index contributed by atoms with van der Waals surface area (Å²) in [7, 11) is 1.28. The van der Waals surface area contributed by atoms with Crippen molar-refractivity contribution in [2.45, 2.75) is 37.8 Å². The number of rotatable bonds is 4. The van der Waals surface area contributed by atoms with E-state index in [1.807, 2.05) is 0 Å². The minimum atomic E-state index is -4.69. The number of anilines is 1. The number of fused-ring (bicyclic) bond motifs is 1. The first-order valence-electron chi connectivity index (χ1n) is 7.39. The van der Waals surface area contributed by atoms with E-state index in [2.05, 4.69) is 4.74 Å². The fourth-order valence-corrected chi connectivity index (χ4v) is 2.97. The zero-order valence-corrected chi connectivity index (χ0v) is 13.7. The smallest absolute Gasteiger partial charge is 0.416 e. The van der Waals surface area contributed by atoms with Crippen LogP contribution in [0, 0.1) is 0 Å². The topological polar surface area (TPSA) is 46.6 Å². The number of halogens is 5. The highest BCUT2D eigenvalue weighted by Gasteiger charge is 2.55. The van der Waals surface area contributed by atoms with Crippen LogP contribution >= 0.6 is 0 Å². The van der Waals surface area contributed by atoms with Crippen LogP contribution in [0.2, 0.25) is 0 Å². The van der Waals surface area contributed by atoms with Gasteiger partial charge in [-0.15, -0.1) is 0 Å². The van der Waals surface area contributed by atoms with E-state index in [-0.39, 0.29) is 17.9 Å². The Morgan fingerprint density at radius 3 is 2.36 bits per heavy atom. The van der Waals surface area contributed by atoms with Crippen molar-refractivity contribution in [1.82, 2.24) is 0 Å². The van der Waals surface area contributed by atoms with E-state index in [1.54, 1.807) is 0 Å². The second-order valence-electron chi connectivity index (χ2n) is 6.03. The molecule has 0 N–H and O–H groups in total. The van der Waals surface area contributed by atoms with Crippen molar-refractivity contribution >= 4 is 17.6 Å². The average Bonchev–Trinajstić information content (AvgIpc) is 2.68. The Bertz CT molecular complexity index is 716. The molecule has 1 aromatic carbocycles. The fraction of sp³-hybridized carbons (Fsp3) is 0.500. The lowest BCUT2D eigenvalue weighted by Gasteiger charge is -2.27. The molecule has 0 radical (unpaired) electrons. The predicted octanol–water partition coefficient (Wildman–Crippen LogP) is 3.53. The first kappa shape index (κ1) is 19.1. The van der Waals surface area contributed by atoms with Crippen molar-refractivity contribution < 1.29 is 36.3 Å². The van der Waals surface area contributed by atoms with Gasteiger partial charge < -0.3 is 9.64 Å². The van der Waals surface area contributed by atoms with Gasteiger partial charge in [0.2, 0.25) is 5.91 Å². The largest absolute Gasteiger partial charge is 0.462 e. The maximum absolute atomic E-state index is 14.2. The Kier molecular flexibility index (Phi) is 4.56. The summed E-state index contributed by atoms with van der Waals surface area (Å²) in [5, 5.41) is 0. The monoisotopic (exact) mass is 365 g/mol. The minimum Gasteiger partial charge on any atom is -0.462 e. The zero-order valence-electron chi connectivity index (χ0n) is 13.7. The lowest BCUT2D eigenvalue weighted by molar-refractivity contribution is -0.174. The molecular formula is C16H16F5NO3. The Morgan fingerprint density at radius 1 is 1.24 bits per heavy atom. The highest BCUT2D eigenvalue weighted by molar-refractivity contribution is 6.08. The van der Waals surface area contributed by atoms with Crippen molar-refractivity contribution in [3.05, 3.63) is 29.3 Å². The fourth-order valence-electron chi connectivity index (χ4n) is 2.97. The normalized spacial score (nSPS) is 20.6. The van der Waals surface area contributed by atoms with Gasteiger partial charge in [0.05, 0.1) is 17.6 Å². The molecule has 1 aromatic rings. The van der Waals surface area contributed by atoms with E-state index in [0.717, 1.165) is 24.0 Å². The molecule has 1 aliphatic heterocycles. The number of alkyl halides is 5. The molecular weight excluding hydrogens is 349 g/mol. The number of ether oxygens (including phenoxy) is 1. The van der Waals surface area contributed by atoms with E-state index < -0.39 is 41.4 Å². The van der Waals surface area contributed by atoms with Crippen LogP contribution in [0.5, 0.6) is 0 Å². The predicted molar refractivity (Wildman–Crippen MR) is 78.4 cm³/mol. The number of esters is 1. The number of hydrogen-bond acceptors (Lipinski definition) is 3. The lowest BCUT2D eigenvalue weighted by Crippen LogP contribution is -2.44. The molecule has 0 saturated carbocycles. The minimum absolute atomic E-state index is 0.0974. The summed E-state index contributed by atoms with van der Waals surface area (Å²) in [6.45, 7) is 2.16. The Labute approximate surface area is 140 Å². The molecule has 4 nitrogen and oxygen atoms in total. The SMILES string of the molecule is CCOC(=O)C(F)(F)CC1(C)C(=O)N(C)c2ccc(C(F)(F)F)cc21. The van der Waals surface area contributed by atoms with Crippen LogP contribution in [0.4, 0.5) is 27.6 Å². The van der Waals surface area contributed by atoms with Crippen LogP contribution in [0.15, 0.2) is 18.2 Å². The Balaban J connectivity index is 2.52. The van der Waals surface area contributed by atoms with E-state index >= 15 is 0 Å². The first-order chi connectivity index (χ1) is 11.3. The number of amides is 1. The molecule has 1 amide bonds. The summed E-state index contributed by atoms with van der Waals surface area (Å²) in [5.74, 6) is -6.64. The molecule has 0 fully saturated rings. The highest BCUT2D eigenvalue weighted by Crippen LogP contribution is 2.48. The van der Waals surface area contributed by atoms with Crippen LogP contribution in [-0.2, 0) is 25.9 Å². The summed E-state index contributed by atoms with van der Waals surface area (Å²) < 4.78 is 71.5. The maximum atomic E-state index is 14.2. The van der Waals surface area contributed by atoms with E-state index in [9.17, 15) is 31.5 Å². The third kappa shape index (κ3) is 3.19. The van der Waals surface area contributed by atoms with Crippen molar-refractivity contribution in [3.63, 3.8) is 0 Å². The number of carbonyl (C=O) groups is 2. The molecule has 0 saturated heterocycles. The summed E-state index contributed by atoms with van der Waals surface area (Å²) in [6.07, 6.45) is -5.97. The summed E-state index contributed by atoms with van der Waals surface area (Å²) in [5.41, 5.74) is -3.14. The Morgan fingerprint density at radius 2 is 1.84 bits per heavy atom. The highest BCUT2D eigenvalue weighted by atomic mass is 19.4. The van der Waals surface area contributed by atoms with Crippen molar-refractivity contribution in [2.75, 3.05) is 18.6 Å². The van der Waals surface area contributed by atoms with E-state index in [4.69, 9.17) is 0 Å². The van der Waals surface area contributed by atoms with Crippen molar-refractivity contribution in [2.24, 2.45) is 0 Å². The van der Waals surface area contributed by atoms with Gasteiger partial charge in [-0.2, -0.15) is 22.0 Å². The van der Waals surface area contributed by atoms with Crippen LogP contribution < -0.4 is 4.90 Å². The van der Waals surface area contributed by atoms with Gasteiger partial charge in [-0.1, -0.05) is 0 Å². The third-order valence-corrected chi connectivity index (χ3v) is 4.21. The summed E-state index contributed by atoms with van der Waals surface area (Å²) >= 11 is 0. The molecule has 2 rings (SSSR count). The van der Waals surface area contributed by atoms with Gasteiger partial charge in [-0.05, 0) is 37.6 Å². The molecule has 9 heteroatoms. The molecule has 0 aromatic heterocycles. The second kappa shape index (κ2) is 5.96. The summed E-state index contributed by atoms with van der Waals surface area (Å²) in [4.78, 5) is 24.9. The first-order valence-corrected chi connectivity index (χ1v) is 7.39. The molecule has 1 aliphatic rings. The number of nitrogens with zero attached hydrogens (tertiary/aromatic N) is 1. The number of carbonyl (C=O) groups excluding carboxylic acids is 2. The Hall–Kier alpha value is -2.19. The van der Waals surface area contributed by atoms with Gasteiger partial charge in [-0.25, -0.2) is 4.79 Å². The van der Waals surface area contributed by atoms with Gasteiger partial charge in [0.25, 0.3) is 0 Å². The lowest BCUT2D eigenvalue weighted by atomic mass is 9.78. The molecule has 0 bridgehead atoms. The summed E-state index contributed by atoms with van der Waals surface area (Å²) in [6, 6.07) is 2.51. The number of hydrogen-bond donors (Lipinski definition) is 0. The molecule has 0 spiro atoms. The van der Waals surface area contributed by atoms with Gasteiger partial charge in [-0.3, -0.25) is 4.79 Å². The van der Waals surface area contributed by atoms with Crippen molar-refractivity contribution in [3.8, 4) is 0 Å². The standard InChI is InChI=1S/C16H16F5NO3/c1-4-25-13(24)15(17,18)8-14(2)10-7-9(16(19,20)21)5-6-11(10)22(3)12(14)23/h5-7H,4,8H2,1-3H3. The van der Waals surface area contributed by atoms with Gasteiger partial charge in [0, 0.05) is 19.2 Å². The van der Waals surface area contributed by atoms with Gasteiger partial charge in [0.15, 0.2) is 0 Å². The van der Waals surface area contributed by atoms with Gasteiger partial charge in [0.1, 0.15) is 0 Å². The van der Waals surface area contributed by atoms with Gasteiger partial charge >= 0.3 is 18.1 Å². The molecule has 1 unspecified atom stereocenters. The van der Waals surface area contributed by atoms with Crippen LogP contribution in [0.25, 0.3) is 0 Å². The number of likely N-dealkylation sites (N-methyl/N-ethyl adjacent to an activating group) is 1. The molecule has 138 valence electrons. The quantitative estimate of drug-likeness (QED) is 0.606. The zero-order chi connectivity index (χ0) is 19.2. The molecule has 25 heavy (non-hydrogen) atoms. The van der Waals surface area contributed by atoms with Crippen LogP contribution in [0.3, 0.4) is 0 Å². The molecule has 1 atom stereocenters. The van der Waals surface area contributed by atoms with Crippen molar-refractivity contribution in [1.29, 1.82) is 0 Å². The average molecular weight is 365 g/mol. The van der Waals surface area contributed by atoms with Crippen LogP contribution in [-0.4, -0.2) is 31.5 Å². The maximum Gasteiger partial charge on any atom is 0.416 e. The van der Waals surface area contributed by atoms with E-state index in [0.29, 0.717) is 6.07 Å². The third-order valence-electron chi connectivity index (χ3n) is 4.21.